The second-order valence-electron chi connectivity index (χ2n) is 7.99. The second kappa shape index (κ2) is 8.18. The molecule has 5 rings (SSSR count). The van der Waals surface area contributed by atoms with Crippen LogP contribution in [0.3, 0.4) is 0 Å². The third-order valence-corrected chi connectivity index (χ3v) is 5.87. The van der Waals surface area contributed by atoms with Gasteiger partial charge in [0.2, 0.25) is 5.78 Å². The molecule has 0 N–H and O–H groups in total. The summed E-state index contributed by atoms with van der Waals surface area (Å²) in [5.74, 6) is -0.159. The van der Waals surface area contributed by atoms with Crippen molar-refractivity contribution in [3.63, 3.8) is 0 Å². The maximum atomic E-state index is 13.4. The Morgan fingerprint density at radius 3 is 2.44 bits per heavy atom. The van der Waals surface area contributed by atoms with Gasteiger partial charge in [0.25, 0.3) is 5.56 Å². The van der Waals surface area contributed by atoms with Gasteiger partial charge in [0.15, 0.2) is 11.2 Å². The van der Waals surface area contributed by atoms with Gasteiger partial charge in [-0.05, 0) is 25.5 Å². The average Bonchev–Trinajstić information content (AvgIpc) is 3.38. The van der Waals surface area contributed by atoms with E-state index in [1.165, 1.54) is 11.6 Å². The molecule has 172 valence electrons. The molecule has 0 aliphatic heterocycles. The van der Waals surface area contributed by atoms with Crippen LogP contribution in [0.25, 0.3) is 33.9 Å². The molecule has 0 spiro atoms. The number of fused-ring (bicyclic) bond motifs is 3. The van der Waals surface area contributed by atoms with Gasteiger partial charge in [-0.2, -0.15) is 4.98 Å². The van der Waals surface area contributed by atoms with Crippen LogP contribution in [0.4, 0.5) is 0 Å². The lowest BCUT2D eigenvalue weighted by Gasteiger charge is -2.11. The first-order valence-electron chi connectivity index (χ1n) is 10.9. The molecule has 0 saturated heterocycles. The highest BCUT2D eigenvalue weighted by Gasteiger charge is 2.23. The fourth-order valence-corrected chi connectivity index (χ4v) is 4.24. The Bertz CT molecular complexity index is 1670. The summed E-state index contributed by atoms with van der Waals surface area (Å²) in [6.07, 6.45) is 1.84. The van der Waals surface area contributed by atoms with Crippen LogP contribution >= 0.6 is 0 Å². The number of ether oxygens (including phenoxy) is 1. The Kier molecular flexibility index (Phi) is 5.16. The van der Waals surface area contributed by atoms with Crippen LogP contribution in [0, 0.1) is 6.92 Å². The van der Waals surface area contributed by atoms with Gasteiger partial charge >= 0.3 is 11.7 Å². The average molecular weight is 457 g/mol. The molecule has 0 saturated carbocycles. The zero-order chi connectivity index (χ0) is 24.0. The summed E-state index contributed by atoms with van der Waals surface area (Å²) < 4.78 is 10.8. The van der Waals surface area contributed by atoms with Gasteiger partial charge in [-0.1, -0.05) is 48.5 Å². The molecule has 9 heteroatoms. The van der Waals surface area contributed by atoms with E-state index in [1.54, 1.807) is 11.3 Å². The van der Waals surface area contributed by atoms with Crippen molar-refractivity contribution in [3.05, 3.63) is 87.2 Å². The Morgan fingerprint density at radius 2 is 1.74 bits per heavy atom. The first kappa shape index (κ1) is 21.4. The van der Waals surface area contributed by atoms with E-state index in [0.29, 0.717) is 5.78 Å². The summed E-state index contributed by atoms with van der Waals surface area (Å²) in [5.41, 5.74) is 2.95. The monoisotopic (exact) mass is 457 g/mol. The van der Waals surface area contributed by atoms with E-state index in [9.17, 15) is 14.4 Å². The number of carbonyl (C=O) groups is 1. The summed E-state index contributed by atoms with van der Waals surface area (Å²) in [6.45, 7) is 3.37. The third kappa shape index (κ3) is 3.24. The number of aromatic nitrogens is 5. The van der Waals surface area contributed by atoms with E-state index in [-0.39, 0.29) is 17.8 Å². The molecule has 0 amide bonds. The van der Waals surface area contributed by atoms with Crippen molar-refractivity contribution in [3.8, 4) is 16.9 Å². The van der Waals surface area contributed by atoms with Gasteiger partial charge in [0.1, 0.15) is 6.54 Å². The highest BCUT2D eigenvalue weighted by Crippen LogP contribution is 2.30. The summed E-state index contributed by atoms with van der Waals surface area (Å²) in [5, 5.41) is 0. The standard InChI is InChI=1S/C25H23N5O4/c1-4-34-20(31)15-29-23(32)21-22(27(3)25(29)33)26-24-28(21)14-19(17-11-6-5-7-12-17)30(24)18-13-9-8-10-16(18)2/h5-14H,4,15H2,1-3H3. The van der Waals surface area contributed by atoms with Crippen molar-refractivity contribution in [2.75, 3.05) is 6.61 Å². The van der Waals surface area contributed by atoms with E-state index in [1.807, 2.05) is 72.3 Å². The fourth-order valence-electron chi connectivity index (χ4n) is 4.24. The Labute approximate surface area is 194 Å². The van der Waals surface area contributed by atoms with Gasteiger partial charge in [0.05, 0.1) is 18.0 Å². The molecule has 0 radical (unpaired) electrons. The summed E-state index contributed by atoms with van der Waals surface area (Å²) in [6, 6.07) is 17.7. The second-order valence-corrected chi connectivity index (χ2v) is 7.99. The quantitative estimate of drug-likeness (QED) is 0.379. The lowest BCUT2D eigenvalue weighted by Crippen LogP contribution is -2.41. The molecule has 0 bridgehead atoms. The number of imidazole rings is 2. The number of benzene rings is 2. The molecular weight excluding hydrogens is 434 g/mol. The lowest BCUT2D eigenvalue weighted by molar-refractivity contribution is -0.143. The maximum Gasteiger partial charge on any atom is 0.333 e. The summed E-state index contributed by atoms with van der Waals surface area (Å²) in [7, 11) is 1.54. The van der Waals surface area contributed by atoms with Gasteiger partial charge in [-0.3, -0.25) is 23.1 Å². The predicted molar refractivity (Wildman–Crippen MR) is 128 cm³/mol. The van der Waals surface area contributed by atoms with Crippen molar-refractivity contribution < 1.29 is 9.53 Å². The first-order valence-corrected chi connectivity index (χ1v) is 10.9. The number of hydrogen-bond donors (Lipinski definition) is 0. The van der Waals surface area contributed by atoms with Gasteiger partial charge < -0.3 is 4.74 Å². The van der Waals surface area contributed by atoms with Crippen molar-refractivity contribution in [1.82, 2.24) is 23.1 Å². The Balaban J connectivity index is 1.88. The van der Waals surface area contributed by atoms with Crippen LogP contribution < -0.4 is 11.2 Å². The van der Waals surface area contributed by atoms with Crippen molar-refractivity contribution in [1.29, 1.82) is 0 Å². The normalized spacial score (nSPS) is 11.4. The van der Waals surface area contributed by atoms with E-state index in [0.717, 1.165) is 27.1 Å². The molecule has 5 aromatic rings. The van der Waals surface area contributed by atoms with Crippen LogP contribution in [0.1, 0.15) is 12.5 Å². The SMILES string of the molecule is CCOC(=O)Cn1c(=O)c2c(nc3n(-c4ccccc4C)c(-c4ccccc4)cn23)n(C)c1=O. The van der Waals surface area contributed by atoms with Gasteiger partial charge in [-0.15, -0.1) is 0 Å². The number of hydrogen-bond acceptors (Lipinski definition) is 5. The highest BCUT2D eigenvalue weighted by molar-refractivity contribution is 5.80. The fraction of sp³-hybridized carbons (Fsp3) is 0.200. The molecule has 9 nitrogen and oxygen atoms in total. The number of rotatable bonds is 5. The van der Waals surface area contributed by atoms with Crippen LogP contribution in [-0.2, 0) is 23.1 Å². The van der Waals surface area contributed by atoms with E-state index in [4.69, 9.17) is 9.72 Å². The summed E-state index contributed by atoms with van der Waals surface area (Å²) >= 11 is 0. The van der Waals surface area contributed by atoms with E-state index in [2.05, 4.69) is 0 Å². The number of esters is 1. The molecule has 0 fully saturated rings. The number of aryl methyl sites for hydroxylation is 2. The molecule has 34 heavy (non-hydrogen) atoms. The minimum Gasteiger partial charge on any atom is -0.465 e. The molecule has 3 aromatic heterocycles. The van der Waals surface area contributed by atoms with Gasteiger partial charge in [-0.25, -0.2) is 9.36 Å². The zero-order valence-electron chi connectivity index (χ0n) is 19.1. The van der Waals surface area contributed by atoms with Crippen LogP contribution in [0.5, 0.6) is 0 Å². The first-order chi connectivity index (χ1) is 16.4. The zero-order valence-corrected chi connectivity index (χ0v) is 19.1. The molecule has 0 aliphatic rings. The molecule has 2 aromatic carbocycles. The van der Waals surface area contributed by atoms with Crippen LogP contribution in [0.2, 0.25) is 0 Å². The van der Waals surface area contributed by atoms with E-state index < -0.39 is 23.8 Å². The minimum absolute atomic E-state index is 0.160. The van der Waals surface area contributed by atoms with Crippen LogP contribution in [-0.4, -0.2) is 35.7 Å². The van der Waals surface area contributed by atoms with E-state index >= 15 is 0 Å². The number of nitrogens with zero attached hydrogens (tertiary/aromatic N) is 5. The van der Waals surface area contributed by atoms with Crippen LogP contribution in [0.15, 0.2) is 70.4 Å². The Morgan fingerprint density at radius 1 is 1.03 bits per heavy atom. The predicted octanol–water partition coefficient (Wildman–Crippen LogP) is 2.68. The van der Waals surface area contributed by atoms with Crippen molar-refractivity contribution in [2.45, 2.75) is 20.4 Å². The largest absolute Gasteiger partial charge is 0.465 e. The van der Waals surface area contributed by atoms with Crippen molar-refractivity contribution >= 4 is 22.9 Å². The minimum atomic E-state index is -0.649. The summed E-state index contributed by atoms with van der Waals surface area (Å²) in [4.78, 5) is 43.1. The lowest BCUT2D eigenvalue weighted by atomic mass is 10.1. The van der Waals surface area contributed by atoms with Gasteiger partial charge in [0, 0.05) is 18.8 Å². The smallest absolute Gasteiger partial charge is 0.333 e. The molecule has 0 aliphatic carbocycles. The number of carbonyl (C=O) groups excluding carboxylic acids is 1. The highest BCUT2D eigenvalue weighted by atomic mass is 16.5. The molecular formula is C25H23N5O4. The topological polar surface area (TPSA) is 92.5 Å². The molecule has 0 atom stereocenters. The third-order valence-electron chi connectivity index (χ3n) is 5.87. The molecule has 0 unspecified atom stereocenters. The number of para-hydroxylation sites is 1. The maximum absolute atomic E-state index is 13.4. The Hall–Kier alpha value is -4.40. The van der Waals surface area contributed by atoms with Crippen molar-refractivity contribution in [2.24, 2.45) is 7.05 Å². The molecule has 3 heterocycles.